The van der Waals surface area contributed by atoms with Crippen molar-refractivity contribution in [2.75, 3.05) is 13.1 Å². The number of piperidine rings is 1. The van der Waals surface area contributed by atoms with Gasteiger partial charge < -0.3 is 4.42 Å². The Morgan fingerprint density at radius 3 is 2.88 bits per heavy atom. The van der Waals surface area contributed by atoms with E-state index in [2.05, 4.69) is 5.43 Å². The summed E-state index contributed by atoms with van der Waals surface area (Å²) >= 11 is 0. The zero-order chi connectivity index (χ0) is 11.2. The largest absolute Gasteiger partial charge is 0.465 e. The molecule has 0 bridgehead atoms. The number of carbonyl (C=O) groups excluding carboxylic acids is 1. The Morgan fingerprint density at radius 2 is 2.19 bits per heavy atom. The van der Waals surface area contributed by atoms with Crippen molar-refractivity contribution in [3.05, 3.63) is 30.2 Å². The third kappa shape index (κ3) is 3.24. The van der Waals surface area contributed by atoms with Crippen molar-refractivity contribution in [2.45, 2.75) is 19.3 Å². The smallest absolute Gasteiger partial charge is 0.258 e. The molecule has 0 radical (unpaired) electrons. The number of hydrogen-bond acceptors (Lipinski definition) is 3. The van der Waals surface area contributed by atoms with E-state index >= 15 is 0 Å². The molecule has 1 fully saturated rings. The molecule has 86 valence electrons. The normalized spacial score (nSPS) is 17.8. The number of amides is 1. The maximum atomic E-state index is 11.5. The number of hydrazine groups is 1. The second-order valence-corrected chi connectivity index (χ2v) is 3.87. The molecule has 0 saturated carbocycles. The van der Waals surface area contributed by atoms with Crippen LogP contribution in [-0.4, -0.2) is 24.0 Å². The van der Waals surface area contributed by atoms with Crippen LogP contribution >= 0.6 is 0 Å². The molecule has 1 saturated heterocycles. The molecular weight excluding hydrogens is 204 g/mol. The molecule has 0 aromatic carbocycles. The van der Waals surface area contributed by atoms with Crippen LogP contribution in [-0.2, 0) is 4.79 Å². The first-order valence-corrected chi connectivity index (χ1v) is 5.62. The minimum atomic E-state index is -0.0988. The molecule has 1 aliphatic heterocycles. The molecule has 0 aliphatic carbocycles. The van der Waals surface area contributed by atoms with Crippen LogP contribution in [0.2, 0.25) is 0 Å². The van der Waals surface area contributed by atoms with Crippen LogP contribution in [0.5, 0.6) is 0 Å². The summed E-state index contributed by atoms with van der Waals surface area (Å²) in [6.45, 7) is 1.89. The Balaban J connectivity index is 1.79. The van der Waals surface area contributed by atoms with E-state index in [1.165, 1.54) is 12.5 Å². The van der Waals surface area contributed by atoms with Crippen LogP contribution in [0.15, 0.2) is 28.9 Å². The molecule has 0 spiro atoms. The lowest BCUT2D eigenvalue weighted by Crippen LogP contribution is -2.44. The number of furan rings is 1. The minimum absolute atomic E-state index is 0.0988. The fourth-order valence-electron chi connectivity index (χ4n) is 1.74. The number of nitrogens with one attached hydrogen (secondary N) is 1. The Hall–Kier alpha value is -1.55. The van der Waals surface area contributed by atoms with Crippen molar-refractivity contribution in [3.8, 4) is 0 Å². The zero-order valence-electron chi connectivity index (χ0n) is 9.19. The highest BCUT2D eigenvalue weighted by Crippen LogP contribution is 2.06. The Labute approximate surface area is 94.9 Å². The van der Waals surface area contributed by atoms with Crippen LogP contribution in [0.3, 0.4) is 0 Å². The van der Waals surface area contributed by atoms with Gasteiger partial charge in [0.25, 0.3) is 5.91 Å². The van der Waals surface area contributed by atoms with E-state index in [-0.39, 0.29) is 5.91 Å². The number of hydrogen-bond donors (Lipinski definition) is 1. The van der Waals surface area contributed by atoms with Crippen LogP contribution in [0.1, 0.15) is 25.0 Å². The van der Waals surface area contributed by atoms with Gasteiger partial charge in [0.15, 0.2) is 0 Å². The van der Waals surface area contributed by atoms with Gasteiger partial charge in [-0.15, -0.1) is 0 Å². The van der Waals surface area contributed by atoms with Crippen molar-refractivity contribution in [3.63, 3.8) is 0 Å². The van der Waals surface area contributed by atoms with Crippen molar-refractivity contribution in [2.24, 2.45) is 0 Å². The van der Waals surface area contributed by atoms with Crippen LogP contribution in [0.25, 0.3) is 6.08 Å². The Morgan fingerprint density at radius 1 is 1.38 bits per heavy atom. The van der Waals surface area contributed by atoms with Crippen LogP contribution in [0.4, 0.5) is 0 Å². The van der Waals surface area contributed by atoms with E-state index in [0.29, 0.717) is 5.76 Å². The lowest BCUT2D eigenvalue weighted by molar-refractivity contribution is -0.121. The average molecular weight is 220 g/mol. The molecule has 1 amide bonds. The van der Waals surface area contributed by atoms with Crippen molar-refractivity contribution < 1.29 is 9.21 Å². The summed E-state index contributed by atoms with van der Waals surface area (Å²) in [6.07, 6.45) is 8.31. The molecule has 2 heterocycles. The maximum Gasteiger partial charge on any atom is 0.258 e. The summed E-state index contributed by atoms with van der Waals surface area (Å²) < 4.78 is 5.09. The van der Waals surface area contributed by atoms with Gasteiger partial charge in [0, 0.05) is 19.2 Å². The highest BCUT2D eigenvalue weighted by atomic mass is 16.3. The maximum absolute atomic E-state index is 11.5. The molecule has 4 nitrogen and oxygen atoms in total. The molecule has 16 heavy (non-hydrogen) atoms. The highest BCUT2D eigenvalue weighted by molar-refractivity contribution is 5.90. The van der Waals surface area contributed by atoms with Gasteiger partial charge >= 0.3 is 0 Å². The number of nitrogens with zero attached hydrogens (tertiary/aromatic N) is 1. The first-order chi connectivity index (χ1) is 7.84. The van der Waals surface area contributed by atoms with Gasteiger partial charge in [-0.2, -0.15) is 0 Å². The zero-order valence-corrected chi connectivity index (χ0v) is 9.19. The molecular formula is C12H16N2O2. The predicted octanol–water partition coefficient (Wildman–Crippen LogP) is 1.81. The quantitative estimate of drug-likeness (QED) is 0.790. The molecule has 2 rings (SSSR count). The molecule has 0 atom stereocenters. The van der Waals surface area contributed by atoms with E-state index in [1.807, 2.05) is 11.1 Å². The third-order valence-electron chi connectivity index (χ3n) is 2.57. The lowest BCUT2D eigenvalue weighted by atomic mass is 10.2. The fraction of sp³-hybridized carbons (Fsp3) is 0.417. The van der Waals surface area contributed by atoms with Gasteiger partial charge in [-0.25, -0.2) is 5.01 Å². The summed E-state index contributed by atoms with van der Waals surface area (Å²) in [5, 5.41) is 1.97. The van der Waals surface area contributed by atoms with E-state index in [9.17, 15) is 4.79 Å². The average Bonchev–Trinajstić information content (AvgIpc) is 2.81. The SMILES string of the molecule is O=C(/C=C/c1ccco1)NN1CCCCC1. The first-order valence-electron chi connectivity index (χ1n) is 5.62. The molecule has 1 aliphatic rings. The van der Waals surface area contributed by atoms with Gasteiger partial charge in [0.05, 0.1) is 6.26 Å². The summed E-state index contributed by atoms with van der Waals surface area (Å²) in [7, 11) is 0. The molecule has 1 N–H and O–H groups in total. The first kappa shape index (κ1) is 11.0. The second-order valence-electron chi connectivity index (χ2n) is 3.87. The minimum Gasteiger partial charge on any atom is -0.465 e. The summed E-state index contributed by atoms with van der Waals surface area (Å²) in [5.41, 5.74) is 2.85. The van der Waals surface area contributed by atoms with Crippen LogP contribution < -0.4 is 5.43 Å². The Kier molecular flexibility index (Phi) is 3.77. The van der Waals surface area contributed by atoms with Crippen molar-refractivity contribution in [1.29, 1.82) is 0 Å². The second kappa shape index (κ2) is 5.51. The monoisotopic (exact) mass is 220 g/mol. The molecule has 0 unspecified atom stereocenters. The third-order valence-corrected chi connectivity index (χ3v) is 2.57. The summed E-state index contributed by atoms with van der Waals surface area (Å²) in [4.78, 5) is 11.5. The standard InChI is InChI=1S/C12H16N2O2/c15-12(7-6-11-5-4-10-16-11)13-14-8-2-1-3-9-14/h4-7,10H,1-3,8-9H2,(H,13,15)/b7-6+. The van der Waals surface area contributed by atoms with E-state index in [4.69, 9.17) is 4.42 Å². The van der Waals surface area contributed by atoms with E-state index in [0.717, 1.165) is 25.9 Å². The van der Waals surface area contributed by atoms with Gasteiger partial charge in [-0.3, -0.25) is 10.2 Å². The summed E-state index contributed by atoms with van der Waals surface area (Å²) in [6, 6.07) is 3.60. The van der Waals surface area contributed by atoms with Gasteiger partial charge in [0.1, 0.15) is 5.76 Å². The Bertz CT molecular complexity index is 351. The van der Waals surface area contributed by atoms with E-state index < -0.39 is 0 Å². The number of rotatable bonds is 3. The predicted molar refractivity (Wildman–Crippen MR) is 61.3 cm³/mol. The van der Waals surface area contributed by atoms with Crippen molar-refractivity contribution in [1.82, 2.24) is 10.4 Å². The lowest BCUT2D eigenvalue weighted by Gasteiger charge is -2.26. The molecule has 1 aromatic heterocycles. The van der Waals surface area contributed by atoms with Gasteiger partial charge in [0.2, 0.25) is 0 Å². The van der Waals surface area contributed by atoms with E-state index in [1.54, 1.807) is 18.4 Å². The van der Waals surface area contributed by atoms with Gasteiger partial charge in [-0.1, -0.05) is 6.42 Å². The van der Waals surface area contributed by atoms with Crippen LogP contribution in [0, 0.1) is 0 Å². The topological polar surface area (TPSA) is 45.5 Å². The summed E-state index contributed by atoms with van der Waals surface area (Å²) in [5.74, 6) is 0.590. The highest BCUT2D eigenvalue weighted by Gasteiger charge is 2.10. The molecule has 1 aromatic rings. The van der Waals surface area contributed by atoms with Gasteiger partial charge in [-0.05, 0) is 31.1 Å². The fourth-order valence-corrected chi connectivity index (χ4v) is 1.74. The molecule has 4 heteroatoms. The number of carbonyl (C=O) groups is 1. The van der Waals surface area contributed by atoms with Crippen molar-refractivity contribution >= 4 is 12.0 Å².